The fraction of sp³-hybridized carbons (Fsp3) is 0.304. The van der Waals surface area contributed by atoms with Crippen molar-refractivity contribution in [3.8, 4) is 46.0 Å². The molecule has 0 bridgehead atoms. The summed E-state index contributed by atoms with van der Waals surface area (Å²) >= 11 is 0. The number of rotatable bonds is 19. The second-order valence-corrected chi connectivity index (χ2v) is 20.8. The quantitative estimate of drug-likeness (QED) is 0.0592. The topological polar surface area (TPSA) is 118 Å². The molecule has 0 aliphatic heterocycles. The number of benzene rings is 8. The Morgan fingerprint density at radius 1 is 0.299 bits per heavy atom. The summed E-state index contributed by atoms with van der Waals surface area (Å²) in [5.74, 6) is 0.187. The van der Waals surface area contributed by atoms with Crippen molar-refractivity contribution >= 4 is 0 Å². The normalized spacial score (nSPS) is 12.9. The average molecular weight is 1030 g/mol. The molecule has 0 saturated carbocycles. The average Bonchev–Trinajstić information content (AvgIpc) is 3.46. The maximum Gasteiger partial charge on any atom is 0.127 e. The van der Waals surface area contributed by atoms with E-state index >= 15 is 0 Å². The molecule has 400 valence electrons. The third kappa shape index (κ3) is 11.5. The number of ether oxygens (including phenoxy) is 4. The molecule has 0 heterocycles. The van der Waals surface area contributed by atoms with E-state index in [0.29, 0.717) is 71.7 Å². The van der Waals surface area contributed by atoms with E-state index in [2.05, 4.69) is 141 Å². The molecule has 8 heteroatoms. The van der Waals surface area contributed by atoms with Gasteiger partial charge in [0.05, 0.1) is 26.4 Å². The molecule has 8 rings (SSSR count). The Labute approximate surface area is 456 Å². The second-order valence-electron chi connectivity index (χ2n) is 20.8. The molecule has 8 nitrogen and oxygen atoms in total. The van der Waals surface area contributed by atoms with Crippen molar-refractivity contribution in [1.29, 1.82) is 0 Å². The second kappa shape index (κ2) is 23.6. The van der Waals surface area contributed by atoms with E-state index in [1.807, 2.05) is 45.9 Å². The third-order valence-corrected chi connectivity index (χ3v) is 15.1. The van der Waals surface area contributed by atoms with Gasteiger partial charge in [0, 0.05) is 86.9 Å². The van der Waals surface area contributed by atoms with Gasteiger partial charge in [-0.3, -0.25) is 0 Å². The maximum absolute atomic E-state index is 12.9. The highest BCUT2D eigenvalue weighted by Crippen LogP contribution is 2.53. The van der Waals surface area contributed by atoms with Crippen LogP contribution in [0.1, 0.15) is 164 Å². The molecule has 4 unspecified atom stereocenters. The van der Waals surface area contributed by atoms with Gasteiger partial charge in [0.15, 0.2) is 0 Å². The van der Waals surface area contributed by atoms with Crippen LogP contribution in [0.3, 0.4) is 0 Å². The third-order valence-electron chi connectivity index (χ3n) is 15.1. The monoisotopic (exact) mass is 1030 g/mol. The van der Waals surface area contributed by atoms with Crippen molar-refractivity contribution in [2.75, 3.05) is 26.4 Å². The molecule has 4 N–H and O–H groups in total. The molecule has 0 radical (unpaired) electrons. The smallest absolute Gasteiger partial charge is 0.127 e. The van der Waals surface area contributed by atoms with E-state index < -0.39 is 17.8 Å². The Morgan fingerprint density at radius 3 is 0.922 bits per heavy atom. The van der Waals surface area contributed by atoms with Gasteiger partial charge in [0.25, 0.3) is 0 Å². The fourth-order valence-electron chi connectivity index (χ4n) is 11.6. The first kappa shape index (κ1) is 55.4. The van der Waals surface area contributed by atoms with Gasteiger partial charge in [-0.2, -0.15) is 0 Å². The van der Waals surface area contributed by atoms with Crippen LogP contribution in [0.15, 0.2) is 127 Å². The Balaban J connectivity index is 1.48. The SMILES string of the molecule is CCOc1cc(O)c(C(c2ccc(C)cc2C)c2cc(C(c3ccc(C)cc3C)c3cc(C(c4ccc(C)cc4C)c4ccc(O)cc4OCC)c(O)cc3OCC)c(O)cc2OCC)cc1C(C)c1ccc(C)cc1C. The van der Waals surface area contributed by atoms with Crippen LogP contribution in [0.4, 0.5) is 0 Å². The lowest BCUT2D eigenvalue weighted by Gasteiger charge is -2.30. The molecule has 0 fully saturated rings. The van der Waals surface area contributed by atoms with Crippen LogP contribution in [0.5, 0.6) is 46.0 Å². The highest BCUT2D eigenvalue weighted by molar-refractivity contribution is 5.67. The summed E-state index contributed by atoms with van der Waals surface area (Å²) in [7, 11) is 0. The zero-order valence-corrected chi connectivity index (χ0v) is 47.2. The number of hydrogen-bond acceptors (Lipinski definition) is 8. The summed E-state index contributed by atoms with van der Waals surface area (Å²) in [5.41, 5.74) is 17.6. The first-order valence-electron chi connectivity index (χ1n) is 27.1. The molecule has 0 aromatic heterocycles. The number of phenols is 4. The lowest BCUT2D eigenvalue weighted by atomic mass is 9.75. The molecule has 0 spiro atoms. The Kier molecular flexibility index (Phi) is 17.0. The predicted molar refractivity (Wildman–Crippen MR) is 311 cm³/mol. The first-order chi connectivity index (χ1) is 36.9. The van der Waals surface area contributed by atoms with Crippen LogP contribution >= 0.6 is 0 Å². The van der Waals surface area contributed by atoms with Gasteiger partial charge in [-0.05, 0) is 152 Å². The number of aryl methyl sites for hydroxylation is 8. The minimum Gasteiger partial charge on any atom is -0.508 e. The van der Waals surface area contributed by atoms with Crippen molar-refractivity contribution in [3.63, 3.8) is 0 Å². The summed E-state index contributed by atoms with van der Waals surface area (Å²) in [6.07, 6.45) is 0. The van der Waals surface area contributed by atoms with E-state index in [-0.39, 0.29) is 28.9 Å². The summed E-state index contributed by atoms with van der Waals surface area (Å²) in [4.78, 5) is 0. The Morgan fingerprint density at radius 2 is 0.584 bits per heavy atom. The minimum atomic E-state index is -0.689. The highest BCUT2D eigenvalue weighted by atomic mass is 16.5. The van der Waals surface area contributed by atoms with E-state index in [1.54, 1.807) is 30.3 Å². The maximum atomic E-state index is 12.9. The Hall–Kier alpha value is -7.84. The van der Waals surface area contributed by atoms with Crippen molar-refractivity contribution in [3.05, 3.63) is 233 Å². The molecule has 8 aromatic carbocycles. The van der Waals surface area contributed by atoms with Crippen molar-refractivity contribution < 1.29 is 39.4 Å². The summed E-state index contributed by atoms with van der Waals surface area (Å²) in [5, 5.41) is 48.7. The van der Waals surface area contributed by atoms with E-state index in [0.717, 1.165) is 72.3 Å². The molecule has 0 aliphatic rings. The number of hydrogen-bond donors (Lipinski definition) is 4. The Bertz CT molecular complexity index is 3440. The van der Waals surface area contributed by atoms with Gasteiger partial charge in [0.1, 0.15) is 46.0 Å². The lowest BCUT2D eigenvalue weighted by molar-refractivity contribution is 0.331. The molecule has 0 aliphatic carbocycles. The van der Waals surface area contributed by atoms with Crippen molar-refractivity contribution in [2.45, 2.75) is 114 Å². The summed E-state index contributed by atoms with van der Waals surface area (Å²) in [6.45, 7) is 28.0. The molecule has 8 aromatic rings. The summed E-state index contributed by atoms with van der Waals surface area (Å²) in [6, 6.07) is 42.1. The van der Waals surface area contributed by atoms with Gasteiger partial charge in [-0.25, -0.2) is 0 Å². The molecule has 0 saturated heterocycles. The number of aromatic hydroxyl groups is 4. The fourth-order valence-corrected chi connectivity index (χ4v) is 11.6. The zero-order valence-electron chi connectivity index (χ0n) is 47.2. The van der Waals surface area contributed by atoms with Gasteiger partial charge in [-0.1, -0.05) is 108 Å². The van der Waals surface area contributed by atoms with Gasteiger partial charge in [-0.15, -0.1) is 0 Å². The zero-order chi connectivity index (χ0) is 55.4. The standard InChI is InChI=1S/C69H76O8/c1-14-74-63-32-48(70)22-27-53(63)67(50-24-19-40(6)29-44(50)10)56-34-58(65(76-16-3)37-61(56)72)69(52-26-21-42(8)31-46(52)12)57-35-59(66(77-17-4)38-62(57)73)68(51-25-20-41(7)30-45(51)11)55-33-54(64(75-15-2)36-60(55)71)47(13)49-23-18-39(5)28-43(49)9/h18-38,47,67-73H,14-17H2,1-13H3. The molecule has 0 amide bonds. The van der Waals surface area contributed by atoms with Gasteiger partial charge >= 0.3 is 0 Å². The number of phenolic OH excluding ortho intramolecular Hbond substituents is 4. The summed E-state index contributed by atoms with van der Waals surface area (Å²) < 4.78 is 25.8. The predicted octanol–water partition coefficient (Wildman–Crippen LogP) is 16.3. The molecular weight excluding hydrogens is 957 g/mol. The lowest BCUT2D eigenvalue weighted by Crippen LogP contribution is -2.14. The van der Waals surface area contributed by atoms with E-state index in [1.165, 1.54) is 11.1 Å². The van der Waals surface area contributed by atoms with Crippen LogP contribution in [0.2, 0.25) is 0 Å². The van der Waals surface area contributed by atoms with Crippen LogP contribution in [-0.4, -0.2) is 46.9 Å². The van der Waals surface area contributed by atoms with Crippen molar-refractivity contribution in [1.82, 2.24) is 0 Å². The molecule has 4 atom stereocenters. The van der Waals surface area contributed by atoms with E-state index in [9.17, 15) is 20.4 Å². The van der Waals surface area contributed by atoms with Gasteiger partial charge < -0.3 is 39.4 Å². The molecular formula is C69H76O8. The largest absolute Gasteiger partial charge is 0.508 e. The minimum absolute atomic E-state index is 0.00166. The highest BCUT2D eigenvalue weighted by Gasteiger charge is 2.35. The first-order valence-corrected chi connectivity index (χ1v) is 27.1. The molecule has 77 heavy (non-hydrogen) atoms. The van der Waals surface area contributed by atoms with Crippen LogP contribution < -0.4 is 18.9 Å². The van der Waals surface area contributed by atoms with Crippen LogP contribution in [0, 0.1) is 55.4 Å². The van der Waals surface area contributed by atoms with Crippen LogP contribution in [0.25, 0.3) is 0 Å². The van der Waals surface area contributed by atoms with Crippen molar-refractivity contribution in [2.24, 2.45) is 0 Å². The van der Waals surface area contributed by atoms with Gasteiger partial charge in [0.2, 0.25) is 0 Å². The van der Waals surface area contributed by atoms with E-state index in [4.69, 9.17) is 18.9 Å². The van der Waals surface area contributed by atoms with Crippen LogP contribution in [-0.2, 0) is 0 Å².